The Morgan fingerprint density at radius 1 is 1.30 bits per heavy atom. The molecule has 0 aromatic carbocycles. The van der Waals surface area contributed by atoms with Gasteiger partial charge in [-0.25, -0.2) is 9.78 Å². The van der Waals surface area contributed by atoms with Gasteiger partial charge in [0, 0.05) is 36.5 Å². The number of imide groups is 1. The number of aromatic nitrogens is 2. The SMILES string of the molecule is Cc1csc2c(C3CCN(C(=O)CC[C@@H]4NC(=O)NC4=O)CC3)nc(C)n12. The lowest BCUT2D eigenvalue weighted by atomic mass is 9.93. The molecular weight excluding hydrogens is 366 g/mol. The average Bonchev–Trinajstić information content (AvgIpc) is 3.29. The van der Waals surface area contributed by atoms with Crippen LogP contribution in [-0.4, -0.2) is 51.3 Å². The summed E-state index contributed by atoms with van der Waals surface area (Å²) in [5.74, 6) is 1.09. The van der Waals surface area contributed by atoms with E-state index < -0.39 is 12.1 Å². The molecule has 2 aromatic rings. The fourth-order valence-electron chi connectivity index (χ4n) is 4.01. The van der Waals surface area contributed by atoms with E-state index in [-0.39, 0.29) is 18.2 Å². The molecular formula is C18H23N5O3S. The van der Waals surface area contributed by atoms with Gasteiger partial charge in [0.15, 0.2) is 0 Å². The summed E-state index contributed by atoms with van der Waals surface area (Å²) < 4.78 is 2.21. The third-order valence-electron chi connectivity index (χ3n) is 5.46. The molecule has 4 rings (SSSR count). The van der Waals surface area contributed by atoms with Crippen molar-refractivity contribution in [3.05, 3.63) is 22.6 Å². The number of nitrogens with zero attached hydrogens (tertiary/aromatic N) is 3. The number of nitrogens with one attached hydrogen (secondary N) is 2. The lowest BCUT2D eigenvalue weighted by molar-refractivity contribution is -0.132. The molecule has 2 aromatic heterocycles. The summed E-state index contributed by atoms with van der Waals surface area (Å²) >= 11 is 1.73. The number of thiazole rings is 1. The maximum absolute atomic E-state index is 12.5. The molecule has 2 aliphatic heterocycles. The number of fused-ring (bicyclic) bond motifs is 1. The van der Waals surface area contributed by atoms with Crippen LogP contribution in [0.15, 0.2) is 5.38 Å². The van der Waals surface area contributed by atoms with Gasteiger partial charge in [-0.3, -0.25) is 19.3 Å². The maximum atomic E-state index is 12.5. The van der Waals surface area contributed by atoms with Crippen molar-refractivity contribution in [3.63, 3.8) is 0 Å². The molecule has 4 amide bonds. The van der Waals surface area contributed by atoms with Crippen molar-refractivity contribution in [1.29, 1.82) is 0 Å². The van der Waals surface area contributed by atoms with E-state index in [1.54, 1.807) is 11.3 Å². The lowest BCUT2D eigenvalue weighted by Crippen LogP contribution is -2.39. The van der Waals surface area contributed by atoms with Crippen molar-refractivity contribution >= 4 is 34.0 Å². The molecule has 27 heavy (non-hydrogen) atoms. The van der Waals surface area contributed by atoms with Crippen LogP contribution in [-0.2, 0) is 9.59 Å². The molecule has 9 heteroatoms. The van der Waals surface area contributed by atoms with Crippen molar-refractivity contribution in [2.45, 2.75) is 51.5 Å². The molecule has 2 fully saturated rings. The van der Waals surface area contributed by atoms with Crippen LogP contribution >= 0.6 is 11.3 Å². The minimum atomic E-state index is -0.595. The Balaban J connectivity index is 1.34. The highest BCUT2D eigenvalue weighted by Crippen LogP contribution is 2.34. The number of hydrogen-bond donors (Lipinski definition) is 2. The largest absolute Gasteiger partial charge is 0.343 e. The normalized spacial score (nSPS) is 21.0. The zero-order valence-electron chi connectivity index (χ0n) is 15.4. The molecule has 2 N–H and O–H groups in total. The maximum Gasteiger partial charge on any atom is 0.322 e. The van der Waals surface area contributed by atoms with Gasteiger partial charge in [-0.1, -0.05) is 0 Å². The van der Waals surface area contributed by atoms with Crippen molar-refractivity contribution in [2.75, 3.05) is 13.1 Å². The highest BCUT2D eigenvalue weighted by Gasteiger charge is 2.31. The highest BCUT2D eigenvalue weighted by atomic mass is 32.1. The number of carbonyl (C=O) groups excluding carboxylic acids is 3. The molecule has 8 nitrogen and oxygen atoms in total. The summed E-state index contributed by atoms with van der Waals surface area (Å²) in [6.07, 6.45) is 2.40. The molecule has 144 valence electrons. The first kappa shape index (κ1) is 18.0. The van der Waals surface area contributed by atoms with Crippen molar-refractivity contribution in [1.82, 2.24) is 24.9 Å². The third kappa shape index (κ3) is 3.31. The molecule has 0 saturated carbocycles. The Kier molecular flexibility index (Phi) is 4.63. The minimum absolute atomic E-state index is 0.0422. The van der Waals surface area contributed by atoms with Crippen LogP contribution in [0.2, 0.25) is 0 Å². The summed E-state index contributed by atoms with van der Waals surface area (Å²) in [6.45, 7) is 5.54. The van der Waals surface area contributed by atoms with Gasteiger partial charge in [-0.05, 0) is 33.1 Å². The van der Waals surface area contributed by atoms with E-state index in [9.17, 15) is 14.4 Å². The summed E-state index contributed by atoms with van der Waals surface area (Å²) in [7, 11) is 0. The number of aryl methyl sites for hydroxylation is 2. The number of imidazole rings is 1. The second-order valence-electron chi connectivity index (χ2n) is 7.27. The summed E-state index contributed by atoms with van der Waals surface area (Å²) in [4.78, 5) is 43.0. The fraction of sp³-hybridized carbons (Fsp3) is 0.556. The van der Waals surface area contributed by atoms with E-state index in [0.717, 1.165) is 24.4 Å². The Morgan fingerprint density at radius 3 is 2.70 bits per heavy atom. The average molecular weight is 389 g/mol. The van der Waals surface area contributed by atoms with Gasteiger partial charge < -0.3 is 10.2 Å². The first-order valence-corrected chi connectivity index (χ1v) is 10.1. The number of likely N-dealkylation sites (tertiary alicyclic amines) is 1. The van der Waals surface area contributed by atoms with E-state index >= 15 is 0 Å². The van der Waals surface area contributed by atoms with Crippen LogP contribution in [0.3, 0.4) is 0 Å². The predicted octanol–water partition coefficient (Wildman–Crippen LogP) is 1.71. The number of carbonyl (C=O) groups is 3. The van der Waals surface area contributed by atoms with Gasteiger partial charge >= 0.3 is 6.03 Å². The van der Waals surface area contributed by atoms with Gasteiger partial charge in [0.2, 0.25) is 5.91 Å². The number of hydrogen-bond acceptors (Lipinski definition) is 5. The Hall–Kier alpha value is -2.42. The van der Waals surface area contributed by atoms with E-state index in [4.69, 9.17) is 4.98 Å². The van der Waals surface area contributed by atoms with Gasteiger partial charge in [0.1, 0.15) is 16.7 Å². The summed E-state index contributed by atoms with van der Waals surface area (Å²) in [6, 6.07) is -1.08. The second-order valence-corrected chi connectivity index (χ2v) is 8.13. The van der Waals surface area contributed by atoms with Crippen LogP contribution in [0.25, 0.3) is 4.83 Å². The third-order valence-corrected chi connectivity index (χ3v) is 6.54. The monoisotopic (exact) mass is 389 g/mol. The Labute approximate surface area is 160 Å². The molecule has 2 aliphatic rings. The van der Waals surface area contributed by atoms with Gasteiger partial charge in [-0.2, -0.15) is 0 Å². The quantitative estimate of drug-likeness (QED) is 0.778. The van der Waals surface area contributed by atoms with E-state index in [2.05, 4.69) is 27.3 Å². The lowest BCUT2D eigenvalue weighted by Gasteiger charge is -2.31. The predicted molar refractivity (Wildman–Crippen MR) is 101 cm³/mol. The Morgan fingerprint density at radius 2 is 2.04 bits per heavy atom. The number of amides is 4. The molecule has 0 aliphatic carbocycles. The van der Waals surface area contributed by atoms with Crippen molar-refractivity contribution in [3.8, 4) is 0 Å². The second kappa shape index (κ2) is 6.95. The van der Waals surface area contributed by atoms with Crippen LogP contribution in [0, 0.1) is 13.8 Å². The van der Waals surface area contributed by atoms with Crippen molar-refractivity contribution < 1.29 is 14.4 Å². The van der Waals surface area contributed by atoms with Gasteiger partial charge in [-0.15, -0.1) is 11.3 Å². The number of rotatable bonds is 4. The zero-order chi connectivity index (χ0) is 19.1. The van der Waals surface area contributed by atoms with Crippen LogP contribution in [0.4, 0.5) is 4.79 Å². The van der Waals surface area contributed by atoms with Crippen LogP contribution in [0.1, 0.15) is 48.8 Å². The first-order chi connectivity index (χ1) is 12.9. The van der Waals surface area contributed by atoms with Gasteiger partial charge in [0.05, 0.1) is 5.69 Å². The topological polar surface area (TPSA) is 95.8 Å². The molecule has 0 spiro atoms. The van der Waals surface area contributed by atoms with E-state index in [1.807, 2.05) is 11.8 Å². The molecule has 4 heterocycles. The fourth-order valence-corrected chi connectivity index (χ4v) is 5.11. The number of urea groups is 1. The minimum Gasteiger partial charge on any atom is -0.343 e. The molecule has 2 saturated heterocycles. The van der Waals surface area contributed by atoms with Gasteiger partial charge in [0.25, 0.3) is 5.91 Å². The standard InChI is InChI=1S/C18H23N5O3S/c1-10-9-27-17-15(19-11(2)23(10)17)12-5-7-22(8-6-12)14(24)4-3-13-16(25)21-18(26)20-13/h9,12-13H,3-8H2,1-2H3,(H2,20,21,25,26)/t13-/m0/s1. The summed E-state index contributed by atoms with van der Waals surface area (Å²) in [5, 5.41) is 6.88. The Bertz CT molecular complexity index is 910. The zero-order valence-corrected chi connectivity index (χ0v) is 16.3. The molecule has 0 bridgehead atoms. The van der Waals surface area contributed by atoms with E-state index in [1.165, 1.54) is 10.5 Å². The van der Waals surface area contributed by atoms with Crippen molar-refractivity contribution in [2.24, 2.45) is 0 Å². The first-order valence-electron chi connectivity index (χ1n) is 9.26. The summed E-state index contributed by atoms with van der Waals surface area (Å²) in [5.41, 5.74) is 2.37. The highest BCUT2D eigenvalue weighted by molar-refractivity contribution is 7.15. The molecule has 0 unspecified atom stereocenters. The van der Waals surface area contributed by atoms with E-state index in [0.29, 0.717) is 25.4 Å². The van der Waals surface area contributed by atoms with Crippen LogP contribution < -0.4 is 10.6 Å². The van der Waals surface area contributed by atoms with Crippen LogP contribution in [0.5, 0.6) is 0 Å². The smallest absolute Gasteiger partial charge is 0.322 e. The number of piperidine rings is 1. The molecule has 1 atom stereocenters. The molecule has 0 radical (unpaired) electrons.